The lowest BCUT2D eigenvalue weighted by molar-refractivity contribution is -0.143. The molecule has 1 atom stereocenters. The minimum absolute atomic E-state index is 0.290. The lowest BCUT2D eigenvalue weighted by Crippen LogP contribution is -2.16. The normalized spacial score (nSPS) is 13.0. The Labute approximate surface area is 145 Å². The Kier molecular flexibility index (Phi) is 5.83. The summed E-state index contributed by atoms with van der Waals surface area (Å²) < 4.78 is 96.8. The third-order valence-electron chi connectivity index (χ3n) is 4.05. The van der Waals surface area contributed by atoms with Crippen LogP contribution in [-0.2, 0) is 12.8 Å². The summed E-state index contributed by atoms with van der Waals surface area (Å²) in [6.45, 7) is 3.53. The molecular formula is C18H15F7O. The van der Waals surface area contributed by atoms with Crippen LogP contribution in [0.4, 0.5) is 30.7 Å². The fourth-order valence-electron chi connectivity index (χ4n) is 2.32. The fourth-order valence-corrected chi connectivity index (χ4v) is 2.32. The predicted octanol–water partition coefficient (Wildman–Crippen LogP) is 6.35. The molecule has 0 aliphatic rings. The molecule has 0 fully saturated rings. The molecule has 0 spiro atoms. The van der Waals surface area contributed by atoms with E-state index in [1.165, 1.54) is 0 Å². The van der Waals surface area contributed by atoms with Gasteiger partial charge in [0.25, 0.3) is 0 Å². The first kappa shape index (κ1) is 20.1. The van der Waals surface area contributed by atoms with Crippen molar-refractivity contribution in [3.8, 4) is 5.75 Å². The average Bonchev–Trinajstić information content (AvgIpc) is 2.59. The number of benzene rings is 2. The van der Waals surface area contributed by atoms with Gasteiger partial charge < -0.3 is 4.74 Å². The Balaban J connectivity index is 2.28. The van der Waals surface area contributed by atoms with E-state index in [9.17, 15) is 30.7 Å². The third kappa shape index (κ3) is 3.94. The van der Waals surface area contributed by atoms with Crippen molar-refractivity contribution in [2.45, 2.75) is 39.0 Å². The lowest BCUT2D eigenvalue weighted by Gasteiger charge is -2.15. The molecule has 0 bridgehead atoms. The van der Waals surface area contributed by atoms with E-state index in [0.717, 1.165) is 12.0 Å². The molecule has 142 valence electrons. The Morgan fingerprint density at radius 2 is 1.38 bits per heavy atom. The molecule has 8 heteroatoms. The molecule has 0 aliphatic carbocycles. The van der Waals surface area contributed by atoms with Gasteiger partial charge in [0, 0.05) is 0 Å². The van der Waals surface area contributed by atoms with Crippen molar-refractivity contribution in [2.75, 3.05) is 0 Å². The summed E-state index contributed by atoms with van der Waals surface area (Å²) in [4.78, 5) is 0. The first-order valence-electron chi connectivity index (χ1n) is 7.72. The molecule has 2 aromatic carbocycles. The molecule has 0 saturated carbocycles. The van der Waals surface area contributed by atoms with Gasteiger partial charge in [0.05, 0.1) is 0 Å². The predicted molar refractivity (Wildman–Crippen MR) is 80.8 cm³/mol. The van der Waals surface area contributed by atoms with Gasteiger partial charge in [0.2, 0.25) is 11.6 Å². The van der Waals surface area contributed by atoms with Crippen LogP contribution in [-0.4, -0.2) is 0 Å². The van der Waals surface area contributed by atoms with Crippen molar-refractivity contribution < 1.29 is 35.5 Å². The lowest BCUT2D eigenvalue weighted by atomic mass is 9.98. The number of hydrogen-bond donors (Lipinski definition) is 0. The Bertz CT molecular complexity index is 753. The minimum atomic E-state index is -5.58. The number of hydrogen-bond acceptors (Lipinski definition) is 1. The van der Waals surface area contributed by atoms with E-state index in [2.05, 4.69) is 0 Å². The van der Waals surface area contributed by atoms with Crippen molar-refractivity contribution in [1.29, 1.82) is 0 Å². The quantitative estimate of drug-likeness (QED) is 0.434. The summed E-state index contributed by atoms with van der Waals surface area (Å²) in [5.74, 6) is -10.8. The Morgan fingerprint density at radius 1 is 0.885 bits per heavy atom. The maximum atomic E-state index is 13.7. The number of alkyl halides is 3. The molecule has 1 unspecified atom stereocenters. The Hall–Kier alpha value is -2.25. The van der Waals surface area contributed by atoms with Gasteiger partial charge in [-0.05, 0) is 23.5 Å². The SMILES string of the molecule is CCC(C)c1ccc(COc2c(F)c(F)c(C(F)(F)F)c(F)c2F)cc1. The molecule has 1 nitrogen and oxygen atoms in total. The monoisotopic (exact) mass is 380 g/mol. The molecule has 26 heavy (non-hydrogen) atoms. The topological polar surface area (TPSA) is 9.23 Å². The molecule has 0 saturated heterocycles. The van der Waals surface area contributed by atoms with Crippen LogP contribution in [0.15, 0.2) is 24.3 Å². The highest BCUT2D eigenvalue weighted by molar-refractivity contribution is 5.36. The van der Waals surface area contributed by atoms with Crippen LogP contribution in [0.3, 0.4) is 0 Å². The molecule has 2 aromatic rings. The van der Waals surface area contributed by atoms with Gasteiger partial charge in [0.15, 0.2) is 17.4 Å². The van der Waals surface area contributed by atoms with Gasteiger partial charge in [-0.2, -0.15) is 22.0 Å². The molecular weight excluding hydrogens is 365 g/mol. The zero-order chi connectivity index (χ0) is 19.6. The largest absolute Gasteiger partial charge is 0.483 e. The van der Waals surface area contributed by atoms with Gasteiger partial charge in [-0.3, -0.25) is 0 Å². The fraction of sp³-hybridized carbons (Fsp3) is 0.333. The standard InChI is InChI=1S/C18H15F7O/c1-3-9(2)11-6-4-10(5-7-11)8-26-17-15(21)13(19)12(18(23,24)25)14(20)16(17)22/h4-7,9H,3,8H2,1-2H3. The highest BCUT2D eigenvalue weighted by Crippen LogP contribution is 2.39. The zero-order valence-electron chi connectivity index (χ0n) is 13.9. The third-order valence-corrected chi connectivity index (χ3v) is 4.05. The summed E-state index contributed by atoms with van der Waals surface area (Å²) in [5.41, 5.74) is -1.19. The first-order chi connectivity index (χ1) is 12.1. The summed E-state index contributed by atoms with van der Waals surface area (Å²) >= 11 is 0. The summed E-state index contributed by atoms with van der Waals surface area (Å²) in [6.07, 6.45) is -4.68. The van der Waals surface area contributed by atoms with Crippen LogP contribution in [0.1, 0.15) is 42.9 Å². The minimum Gasteiger partial charge on any atom is -0.483 e. The number of halogens is 7. The first-order valence-corrected chi connectivity index (χ1v) is 7.72. The average molecular weight is 380 g/mol. The van der Waals surface area contributed by atoms with E-state index in [1.54, 1.807) is 24.3 Å². The summed E-state index contributed by atoms with van der Waals surface area (Å²) in [6, 6.07) is 6.70. The van der Waals surface area contributed by atoms with Crippen LogP contribution < -0.4 is 4.74 Å². The highest BCUT2D eigenvalue weighted by atomic mass is 19.4. The summed E-state index contributed by atoms with van der Waals surface area (Å²) in [5, 5.41) is 0. The maximum Gasteiger partial charge on any atom is 0.422 e. The second-order valence-corrected chi connectivity index (χ2v) is 5.80. The molecule has 0 amide bonds. The molecule has 0 aliphatic heterocycles. The molecule has 0 heterocycles. The number of ether oxygens (including phenoxy) is 1. The van der Waals surface area contributed by atoms with E-state index in [0.29, 0.717) is 5.56 Å². The smallest absolute Gasteiger partial charge is 0.422 e. The molecule has 2 rings (SSSR count). The van der Waals surface area contributed by atoms with Gasteiger partial charge >= 0.3 is 6.18 Å². The molecule has 0 aromatic heterocycles. The van der Waals surface area contributed by atoms with Crippen molar-refractivity contribution in [3.63, 3.8) is 0 Å². The van der Waals surface area contributed by atoms with E-state index in [1.807, 2.05) is 13.8 Å². The van der Waals surface area contributed by atoms with E-state index >= 15 is 0 Å². The van der Waals surface area contributed by atoms with Gasteiger partial charge in [-0.25, -0.2) is 8.78 Å². The molecule has 0 radical (unpaired) electrons. The molecule has 0 N–H and O–H groups in total. The van der Waals surface area contributed by atoms with Crippen molar-refractivity contribution in [3.05, 3.63) is 64.2 Å². The van der Waals surface area contributed by atoms with Crippen LogP contribution in [0.2, 0.25) is 0 Å². The zero-order valence-corrected chi connectivity index (χ0v) is 13.9. The van der Waals surface area contributed by atoms with Gasteiger partial charge in [-0.1, -0.05) is 38.1 Å². The van der Waals surface area contributed by atoms with E-state index < -0.39 is 47.4 Å². The van der Waals surface area contributed by atoms with Gasteiger partial charge in [-0.15, -0.1) is 0 Å². The summed E-state index contributed by atoms with van der Waals surface area (Å²) in [7, 11) is 0. The van der Waals surface area contributed by atoms with E-state index in [-0.39, 0.29) is 5.92 Å². The second kappa shape index (κ2) is 7.55. The second-order valence-electron chi connectivity index (χ2n) is 5.80. The Morgan fingerprint density at radius 3 is 1.81 bits per heavy atom. The van der Waals surface area contributed by atoms with Gasteiger partial charge in [0.1, 0.15) is 12.2 Å². The van der Waals surface area contributed by atoms with Crippen LogP contribution in [0.5, 0.6) is 5.75 Å². The van der Waals surface area contributed by atoms with Crippen LogP contribution in [0, 0.1) is 23.3 Å². The van der Waals surface area contributed by atoms with Crippen molar-refractivity contribution in [2.24, 2.45) is 0 Å². The van der Waals surface area contributed by atoms with Crippen LogP contribution in [0.25, 0.3) is 0 Å². The maximum absolute atomic E-state index is 13.7. The highest BCUT2D eigenvalue weighted by Gasteiger charge is 2.42. The van der Waals surface area contributed by atoms with Crippen molar-refractivity contribution >= 4 is 0 Å². The number of rotatable bonds is 5. The van der Waals surface area contributed by atoms with E-state index in [4.69, 9.17) is 4.74 Å². The van der Waals surface area contributed by atoms with Crippen LogP contribution >= 0.6 is 0 Å². The van der Waals surface area contributed by atoms with Crippen molar-refractivity contribution in [1.82, 2.24) is 0 Å².